The number of allylic oxidation sites excluding steroid dienone is 2. The van der Waals surface area contributed by atoms with Gasteiger partial charge in [-0.15, -0.1) is 0 Å². The predicted octanol–water partition coefficient (Wildman–Crippen LogP) is 2.87. The molecule has 0 unspecified atom stereocenters. The third kappa shape index (κ3) is 1.78. The van der Waals surface area contributed by atoms with Gasteiger partial charge in [-0.3, -0.25) is 4.79 Å². The Bertz CT molecular complexity index is 488. The third-order valence-corrected chi connectivity index (χ3v) is 3.96. The first kappa shape index (κ1) is 10.6. The number of hydrogen-bond acceptors (Lipinski definition) is 2. The Morgan fingerprint density at radius 1 is 1.35 bits per heavy atom. The van der Waals surface area contributed by atoms with Gasteiger partial charge in [-0.1, -0.05) is 12.1 Å². The molecule has 2 heteroatoms. The van der Waals surface area contributed by atoms with E-state index in [9.17, 15) is 4.79 Å². The molecule has 1 aromatic carbocycles. The summed E-state index contributed by atoms with van der Waals surface area (Å²) in [5, 5.41) is 0. The van der Waals surface area contributed by atoms with Crippen LogP contribution in [-0.4, -0.2) is 12.9 Å². The Hall–Kier alpha value is -1.57. The van der Waals surface area contributed by atoms with Crippen LogP contribution in [-0.2, 0) is 11.2 Å². The van der Waals surface area contributed by atoms with Gasteiger partial charge in [0.25, 0.3) is 0 Å². The van der Waals surface area contributed by atoms with Crippen LogP contribution >= 0.6 is 0 Å². The lowest BCUT2D eigenvalue weighted by molar-refractivity contribution is -0.115. The van der Waals surface area contributed by atoms with Crippen molar-refractivity contribution in [2.24, 2.45) is 5.92 Å². The normalized spacial score (nSPS) is 26.3. The summed E-state index contributed by atoms with van der Waals surface area (Å²) >= 11 is 0. The standard InChI is InChI=1S/C15H16O2/c1-17-13-6-7-14-11(8-13)3-2-10-4-5-12(16)9-15(10)14/h4-8,10,15H,2-3,9H2,1H3/t10-,15+/m0/s1. The lowest BCUT2D eigenvalue weighted by Gasteiger charge is -2.33. The largest absolute Gasteiger partial charge is 0.497 e. The van der Waals surface area contributed by atoms with E-state index in [0.29, 0.717) is 18.3 Å². The third-order valence-electron chi connectivity index (χ3n) is 3.96. The molecule has 0 heterocycles. The number of fused-ring (bicyclic) bond motifs is 3. The van der Waals surface area contributed by atoms with Gasteiger partial charge in [-0.05, 0) is 54.0 Å². The van der Waals surface area contributed by atoms with Gasteiger partial charge in [-0.2, -0.15) is 0 Å². The van der Waals surface area contributed by atoms with E-state index in [2.05, 4.69) is 18.2 Å². The molecule has 3 rings (SSSR count). The van der Waals surface area contributed by atoms with Crippen LogP contribution in [0.2, 0.25) is 0 Å². The zero-order chi connectivity index (χ0) is 11.8. The van der Waals surface area contributed by atoms with Gasteiger partial charge >= 0.3 is 0 Å². The number of benzene rings is 1. The maximum Gasteiger partial charge on any atom is 0.156 e. The Morgan fingerprint density at radius 2 is 2.24 bits per heavy atom. The summed E-state index contributed by atoms with van der Waals surface area (Å²) in [5.74, 6) is 2.12. The van der Waals surface area contributed by atoms with Gasteiger partial charge in [-0.25, -0.2) is 0 Å². The van der Waals surface area contributed by atoms with Gasteiger partial charge in [0, 0.05) is 6.42 Å². The van der Waals surface area contributed by atoms with Crippen molar-refractivity contribution in [3.63, 3.8) is 0 Å². The zero-order valence-corrected chi connectivity index (χ0v) is 9.98. The van der Waals surface area contributed by atoms with Crippen LogP contribution in [0.3, 0.4) is 0 Å². The van der Waals surface area contributed by atoms with E-state index in [0.717, 1.165) is 18.6 Å². The Balaban J connectivity index is 2.01. The molecule has 0 bridgehead atoms. The average molecular weight is 228 g/mol. The smallest absolute Gasteiger partial charge is 0.156 e. The lowest BCUT2D eigenvalue weighted by atomic mass is 9.70. The molecule has 2 aliphatic carbocycles. The van der Waals surface area contributed by atoms with Gasteiger partial charge in [0.15, 0.2) is 5.78 Å². The first-order valence-corrected chi connectivity index (χ1v) is 6.16. The highest BCUT2D eigenvalue weighted by Gasteiger charge is 2.31. The average Bonchev–Trinajstić information content (AvgIpc) is 2.37. The number of ether oxygens (including phenoxy) is 1. The monoisotopic (exact) mass is 228 g/mol. The molecule has 0 aliphatic heterocycles. The Kier molecular flexibility index (Phi) is 2.50. The van der Waals surface area contributed by atoms with Crippen LogP contribution in [0.15, 0.2) is 30.4 Å². The van der Waals surface area contributed by atoms with Crippen LogP contribution in [0.5, 0.6) is 5.75 Å². The number of aryl methyl sites for hydroxylation is 1. The van der Waals surface area contributed by atoms with Crippen molar-refractivity contribution in [2.75, 3.05) is 7.11 Å². The molecule has 0 saturated carbocycles. The van der Waals surface area contributed by atoms with E-state index in [1.54, 1.807) is 13.2 Å². The summed E-state index contributed by atoms with van der Waals surface area (Å²) < 4.78 is 5.26. The molecular weight excluding hydrogens is 212 g/mol. The molecule has 1 aromatic rings. The molecule has 0 spiro atoms. The predicted molar refractivity (Wildman–Crippen MR) is 66.3 cm³/mol. The van der Waals surface area contributed by atoms with Crippen LogP contribution in [0.1, 0.15) is 29.9 Å². The molecule has 0 N–H and O–H groups in total. The quantitative estimate of drug-likeness (QED) is 0.738. The molecule has 0 fully saturated rings. The van der Waals surface area contributed by atoms with Crippen molar-refractivity contribution in [1.29, 1.82) is 0 Å². The van der Waals surface area contributed by atoms with Gasteiger partial charge in [0.1, 0.15) is 5.75 Å². The second kappa shape index (κ2) is 4.02. The van der Waals surface area contributed by atoms with E-state index >= 15 is 0 Å². The fourth-order valence-corrected chi connectivity index (χ4v) is 3.05. The maximum atomic E-state index is 11.5. The topological polar surface area (TPSA) is 26.3 Å². The second-order valence-corrected chi connectivity index (χ2v) is 4.90. The number of ketones is 1. The summed E-state index contributed by atoms with van der Waals surface area (Å²) in [5.41, 5.74) is 2.70. The zero-order valence-electron chi connectivity index (χ0n) is 9.98. The number of rotatable bonds is 1. The van der Waals surface area contributed by atoms with Crippen molar-refractivity contribution in [2.45, 2.75) is 25.2 Å². The molecule has 88 valence electrons. The summed E-state index contributed by atoms with van der Waals surface area (Å²) in [6.07, 6.45) is 6.76. The first-order valence-electron chi connectivity index (χ1n) is 6.16. The molecule has 0 aromatic heterocycles. The minimum absolute atomic E-state index is 0.259. The van der Waals surface area contributed by atoms with E-state index in [-0.39, 0.29) is 5.78 Å². The van der Waals surface area contributed by atoms with E-state index < -0.39 is 0 Å². The molecular formula is C15H16O2. The van der Waals surface area contributed by atoms with Crippen LogP contribution in [0.25, 0.3) is 0 Å². The van der Waals surface area contributed by atoms with Crippen molar-refractivity contribution >= 4 is 5.78 Å². The van der Waals surface area contributed by atoms with Crippen LogP contribution < -0.4 is 4.74 Å². The number of methoxy groups -OCH3 is 1. The number of hydrogen-bond donors (Lipinski definition) is 0. The van der Waals surface area contributed by atoms with Gasteiger partial charge in [0.05, 0.1) is 7.11 Å². The number of carbonyl (C=O) groups excluding carboxylic acids is 1. The maximum absolute atomic E-state index is 11.5. The van der Waals surface area contributed by atoms with E-state index in [1.807, 2.05) is 6.07 Å². The molecule has 2 atom stereocenters. The van der Waals surface area contributed by atoms with Crippen molar-refractivity contribution in [3.05, 3.63) is 41.5 Å². The molecule has 0 amide bonds. The minimum atomic E-state index is 0.259. The first-order chi connectivity index (χ1) is 8.28. The molecule has 0 radical (unpaired) electrons. The molecule has 0 saturated heterocycles. The minimum Gasteiger partial charge on any atom is -0.497 e. The van der Waals surface area contributed by atoms with E-state index in [4.69, 9.17) is 4.74 Å². The van der Waals surface area contributed by atoms with Crippen molar-refractivity contribution in [3.8, 4) is 5.75 Å². The Labute approximate surface area is 101 Å². The molecule has 2 aliphatic rings. The summed E-state index contributed by atoms with van der Waals surface area (Å²) in [7, 11) is 1.69. The molecule has 17 heavy (non-hydrogen) atoms. The highest BCUT2D eigenvalue weighted by molar-refractivity contribution is 5.91. The SMILES string of the molecule is COc1ccc2c(c1)CC[C@H]1C=CC(=O)C[C@@H]21. The fraction of sp³-hybridized carbons (Fsp3) is 0.400. The van der Waals surface area contributed by atoms with Crippen molar-refractivity contribution in [1.82, 2.24) is 0 Å². The highest BCUT2D eigenvalue weighted by Crippen LogP contribution is 2.42. The molecule has 2 nitrogen and oxygen atoms in total. The fourth-order valence-electron chi connectivity index (χ4n) is 3.05. The van der Waals surface area contributed by atoms with Crippen LogP contribution in [0.4, 0.5) is 0 Å². The Morgan fingerprint density at radius 3 is 3.06 bits per heavy atom. The van der Waals surface area contributed by atoms with E-state index in [1.165, 1.54) is 11.1 Å². The summed E-state index contributed by atoms with van der Waals surface area (Å²) in [6, 6.07) is 6.26. The van der Waals surface area contributed by atoms with Crippen LogP contribution in [0, 0.1) is 5.92 Å². The van der Waals surface area contributed by atoms with Gasteiger partial charge < -0.3 is 4.74 Å². The summed E-state index contributed by atoms with van der Waals surface area (Å²) in [4.78, 5) is 11.5. The lowest BCUT2D eigenvalue weighted by Crippen LogP contribution is -2.24. The highest BCUT2D eigenvalue weighted by atomic mass is 16.5. The van der Waals surface area contributed by atoms with Gasteiger partial charge in [0.2, 0.25) is 0 Å². The van der Waals surface area contributed by atoms with Crippen molar-refractivity contribution < 1.29 is 9.53 Å². The second-order valence-electron chi connectivity index (χ2n) is 4.90. The number of carbonyl (C=O) groups is 1. The summed E-state index contributed by atoms with van der Waals surface area (Å²) in [6.45, 7) is 0.